The average Bonchev–Trinajstić information content (AvgIpc) is 2.50. The van der Waals surface area contributed by atoms with E-state index in [1.807, 2.05) is 0 Å². The maximum absolute atomic E-state index is 12.1. The largest absolute Gasteiger partial charge is 0.504 e. The van der Waals surface area contributed by atoms with Crippen LogP contribution in [0.5, 0.6) is 5.75 Å². The Kier molecular flexibility index (Phi) is 5.60. The number of rotatable bonds is 5. The summed E-state index contributed by atoms with van der Waals surface area (Å²) in [6.45, 7) is 2.16. The van der Waals surface area contributed by atoms with Gasteiger partial charge in [-0.1, -0.05) is 19.3 Å². The zero-order valence-corrected chi connectivity index (χ0v) is 12.3. The number of carbonyl (C=O) groups is 1. The quantitative estimate of drug-likeness (QED) is 0.643. The van der Waals surface area contributed by atoms with E-state index < -0.39 is 0 Å². The van der Waals surface area contributed by atoms with Crippen molar-refractivity contribution in [3.8, 4) is 5.75 Å². The summed E-state index contributed by atoms with van der Waals surface area (Å²) >= 11 is 0. The van der Waals surface area contributed by atoms with Crippen LogP contribution in [-0.4, -0.2) is 22.7 Å². The predicted octanol–water partition coefficient (Wildman–Crippen LogP) is 3.23. The summed E-state index contributed by atoms with van der Waals surface area (Å²) in [6, 6.07) is 3.20. The number of pyridine rings is 1. The number of ether oxygens (including phenoxy) is 1. The Hall–Kier alpha value is -2.04. The van der Waals surface area contributed by atoms with E-state index in [1.54, 1.807) is 31.5 Å². The van der Waals surface area contributed by atoms with Gasteiger partial charge in [0.2, 0.25) is 0 Å². The van der Waals surface area contributed by atoms with Crippen molar-refractivity contribution >= 4 is 11.8 Å². The molecule has 0 atom stereocenters. The molecule has 5 heteroatoms. The van der Waals surface area contributed by atoms with Gasteiger partial charge in [-0.3, -0.25) is 0 Å². The number of esters is 1. The molecule has 1 aliphatic rings. The van der Waals surface area contributed by atoms with E-state index >= 15 is 0 Å². The number of nitrogens with zero attached hydrogens (tertiary/aromatic N) is 1. The fraction of sp³-hybridized carbons (Fsp3) is 0.500. The molecule has 1 aromatic rings. The van der Waals surface area contributed by atoms with Gasteiger partial charge >= 0.3 is 5.97 Å². The number of hydrogen-bond acceptors (Lipinski definition) is 5. The third-order valence-corrected chi connectivity index (χ3v) is 3.71. The molecular formula is C16H22N2O3. The van der Waals surface area contributed by atoms with Gasteiger partial charge in [0.05, 0.1) is 12.2 Å². The minimum atomic E-state index is -0.285. The minimum Gasteiger partial charge on any atom is -0.504 e. The standard InChI is InChI=1S/C16H22N2O3/c1-2-21-16(20)13(12-7-4-3-5-8-12)11-18-15-14(19)9-6-10-17-15/h6,9-12,19H,2-5,7-8H2,1H3,(H,17,18). The smallest absolute Gasteiger partial charge is 0.335 e. The zero-order chi connectivity index (χ0) is 15.1. The van der Waals surface area contributed by atoms with Crippen LogP contribution in [0.4, 0.5) is 5.82 Å². The van der Waals surface area contributed by atoms with E-state index in [9.17, 15) is 9.90 Å². The average molecular weight is 290 g/mol. The summed E-state index contributed by atoms with van der Waals surface area (Å²) in [4.78, 5) is 16.2. The maximum atomic E-state index is 12.1. The van der Waals surface area contributed by atoms with Crippen LogP contribution in [-0.2, 0) is 9.53 Å². The molecule has 5 nitrogen and oxygen atoms in total. The first kappa shape index (κ1) is 15.4. The molecule has 1 aromatic heterocycles. The summed E-state index contributed by atoms with van der Waals surface area (Å²) in [7, 11) is 0. The Morgan fingerprint density at radius 2 is 2.24 bits per heavy atom. The molecule has 1 heterocycles. The van der Waals surface area contributed by atoms with Crippen molar-refractivity contribution in [2.75, 3.05) is 11.9 Å². The maximum Gasteiger partial charge on any atom is 0.335 e. The lowest BCUT2D eigenvalue weighted by Gasteiger charge is -2.23. The number of hydrogen-bond donors (Lipinski definition) is 2. The van der Waals surface area contributed by atoms with E-state index in [2.05, 4.69) is 10.3 Å². The Morgan fingerprint density at radius 1 is 1.48 bits per heavy atom. The lowest BCUT2D eigenvalue weighted by molar-refractivity contribution is -0.139. The van der Waals surface area contributed by atoms with Crippen molar-refractivity contribution in [3.63, 3.8) is 0 Å². The molecule has 1 saturated carbocycles. The van der Waals surface area contributed by atoms with Gasteiger partial charge in [0.25, 0.3) is 0 Å². The molecule has 21 heavy (non-hydrogen) atoms. The first-order chi connectivity index (χ1) is 10.2. The van der Waals surface area contributed by atoms with Gasteiger partial charge in [0.1, 0.15) is 0 Å². The minimum absolute atomic E-state index is 0.0561. The SMILES string of the molecule is CCOC(=O)C(=CNc1ncccc1O)C1CCCCC1. The fourth-order valence-corrected chi connectivity index (χ4v) is 2.63. The van der Waals surface area contributed by atoms with Crippen molar-refractivity contribution in [3.05, 3.63) is 30.1 Å². The molecule has 0 saturated heterocycles. The molecule has 0 unspecified atom stereocenters. The molecule has 2 N–H and O–H groups in total. The third kappa shape index (κ3) is 4.21. The van der Waals surface area contributed by atoms with Crippen LogP contribution in [0, 0.1) is 5.92 Å². The van der Waals surface area contributed by atoms with Crippen LogP contribution in [0.1, 0.15) is 39.0 Å². The van der Waals surface area contributed by atoms with Gasteiger partial charge < -0.3 is 15.2 Å². The van der Waals surface area contributed by atoms with E-state index in [-0.39, 0.29) is 17.6 Å². The Balaban J connectivity index is 2.15. The van der Waals surface area contributed by atoms with Crippen molar-refractivity contribution in [2.45, 2.75) is 39.0 Å². The lowest BCUT2D eigenvalue weighted by atomic mass is 9.84. The summed E-state index contributed by atoms with van der Waals surface area (Å²) in [6.07, 6.45) is 8.71. The molecule has 0 radical (unpaired) electrons. The van der Waals surface area contributed by atoms with Crippen molar-refractivity contribution in [1.29, 1.82) is 0 Å². The van der Waals surface area contributed by atoms with Gasteiger partial charge in [-0.2, -0.15) is 0 Å². The molecule has 114 valence electrons. The first-order valence-electron chi connectivity index (χ1n) is 7.50. The van der Waals surface area contributed by atoms with E-state index in [1.165, 1.54) is 6.42 Å². The van der Waals surface area contributed by atoms with Crippen LogP contribution >= 0.6 is 0 Å². The fourth-order valence-electron chi connectivity index (χ4n) is 2.63. The van der Waals surface area contributed by atoms with E-state index in [4.69, 9.17) is 4.74 Å². The summed E-state index contributed by atoms with van der Waals surface area (Å²) < 4.78 is 5.15. The van der Waals surface area contributed by atoms with Gasteiger partial charge in [-0.15, -0.1) is 0 Å². The Bertz CT molecular complexity index is 508. The highest BCUT2D eigenvalue weighted by molar-refractivity contribution is 5.89. The number of nitrogens with one attached hydrogen (secondary N) is 1. The third-order valence-electron chi connectivity index (χ3n) is 3.71. The van der Waals surface area contributed by atoms with Crippen LogP contribution in [0.25, 0.3) is 0 Å². The zero-order valence-electron chi connectivity index (χ0n) is 12.3. The number of aromatic nitrogens is 1. The molecule has 0 aromatic carbocycles. The van der Waals surface area contributed by atoms with Gasteiger partial charge in [-0.25, -0.2) is 9.78 Å². The topological polar surface area (TPSA) is 71.5 Å². The summed E-state index contributed by atoms with van der Waals surface area (Å²) in [5.74, 6) is 0.333. The molecule has 0 amide bonds. The number of aromatic hydroxyl groups is 1. The molecule has 1 fully saturated rings. The van der Waals surface area contributed by atoms with Gasteiger partial charge in [-0.05, 0) is 37.8 Å². The van der Waals surface area contributed by atoms with Gasteiger partial charge in [0, 0.05) is 12.4 Å². The summed E-state index contributed by atoms with van der Waals surface area (Å²) in [5.41, 5.74) is 0.640. The molecule has 0 aliphatic heterocycles. The highest BCUT2D eigenvalue weighted by atomic mass is 16.5. The van der Waals surface area contributed by atoms with E-state index in [0.29, 0.717) is 18.0 Å². The summed E-state index contributed by atoms with van der Waals surface area (Å²) in [5, 5.41) is 12.6. The Morgan fingerprint density at radius 3 is 2.90 bits per heavy atom. The first-order valence-corrected chi connectivity index (χ1v) is 7.50. The monoisotopic (exact) mass is 290 g/mol. The molecule has 1 aliphatic carbocycles. The molecular weight excluding hydrogens is 268 g/mol. The predicted molar refractivity (Wildman–Crippen MR) is 80.8 cm³/mol. The molecule has 0 spiro atoms. The second-order valence-electron chi connectivity index (χ2n) is 5.17. The lowest BCUT2D eigenvalue weighted by Crippen LogP contribution is -2.19. The van der Waals surface area contributed by atoms with Crippen LogP contribution in [0.3, 0.4) is 0 Å². The van der Waals surface area contributed by atoms with Gasteiger partial charge in [0.15, 0.2) is 11.6 Å². The van der Waals surface area contributed by atoms with Crippen LogP contribution in [0.2, 0.25) is 0 Å². The normalized spacial score (nSPS) is 16.5. The van der Waals surface area contributed by atoms with Crippen LogP contribution < -0.4 is 5.32 Å². The highest BCUT2D eigenvalue weighted by Crippen LogP contribution is 2.30. The second kappa shape index (κ2) is 7.67. The van der Waals surface area contributed by atoms with Crippen molar-refractivity contribution in [2.24, 2.45) is 5.92 Å². The van der Waals surface area contributed by atoms with Crippen molar-refractivity contribution in [1.82, 2.24) is 4.98 Å². The molecule has 0 bridgehead atoms. The van der Waals surface area contributed by atoms with Crippen molar-refractivity contribution < 1.29 is 14.6 Å². The number of carbonyl (C=O) groups excluding carboxylic acids is 1. The van der Waals surface area contributed by atoms with Crippen LogP contribution in [0.15, 0.2) is 30.1 Å². The highest BCUT2D eigenvalue weighted by Gasteiger charge is 2.24. The second-order valence-corrected chi connectivity index (χ2v) is 5.17. The Labute approximate surface area is 125 Å². The molecule has 2 rings (SSSR count). The number of anilines is 1. The van der Waals surface area contributed by atoms with E-state index in [0.717, 1.165) is 25.7 Å².